The lowest BCUT2D eigenvalue weighted by molar-refractivity contribution is -0.436. The Morgan fingerprint density at radius 3 is 1.52 bits per heavy atom. The van der Waals surface area contributed by atoms with E-state index >= 15 is 0 Å². The predicted octanol–water partition coefficient (Wildman–Crippen LogP) is 5.25. The van der Waals surface area contributed by atoms with Crippen LogP contribution in [0.25, 0.3) is 0 Å². The molecule has 0 amide bonds. The van der Waals surface area contributed by atoms with E-state index in [-0.39, 0.29) is 4.47 Å². The average molecular weight is 391 g/mol. The molecule has 0 aliphatic heterocycles. The highest BCUT2D eigenvalue weighted by Gasteiger charge is 2.86. The molecule has 0 saturated heterocycles. The molecule has 21 heavy (non-hydrogen) atoms. The lowest BCUT2D eigenvalue weighted by Gasteiger charge is -2.38. The molecule has 1 aromatic carbocycles. The van der Waals surface area contributed by atoms with Gasteiger partial charge in [0, 0.05) is 4.47 Å². The van der Waals surface area contributed by atoms with E-state index in [9.17, 15) is 39.5 Å². The number of rotatable bonds is 2. The van der Waals surface area contributed by atoms with Gasteiger partial charge in [-0.15, -0.1) is 0 Å². The van der Waals surface area contributed by atoms with E-state index < -0.39 is 29.9 Å². The number of halogens is 10. The van der Waals surface area contributed by atoms with Gasteiger partial charge in [-0.05, 0) is 18.2 Å². The third kappa shape index (κ3) is 3.22. The van der Waals surface area contributed by atoms with Crippen LogP contribution in [-0.2, 0) is 0 Å². The van der Waals surface area contributed by atoms with Crippen LogP contribution in [0, 0.1) is 0 Å². The molecule has 0 heterocycles. The van der Waals surface area contributed by atoms with Crippen molar-refractivity contribution in [1.29, 1.82) is 0 Å². The van der Waals surface area contributed by atoms with Gasteiger partial charge in [0.05, 0.1) is 0 Å². The number of hydrogen-bond donors (Lipinski definition) is 0. The molecule has 1 nitrogen and oxygen atoms in total. The quantitative estimate of drug-likeness (QED) is 0.626. The minimum absolute atomic E-state index is 0.0552. The van der Waals surface area contributed by atoms with Gasteiger partial charge >= 0.3 is 24.1 Å². The monoisotopic (exact) mass is 390 g/mol. The molecule has 0 atom stereocenters. The minimum Gasteiger partial charge on any atom is -0.462 e. The summed E-state index contributed by atoms with van der Waals surface area (Å²) in [6.07, 6.45) is -20.3. The van der Waals surface area contributed by atoms with Crippen molar-refractivity contribution in [2.24, 2.45) is 0 Å². The van der Waals surface area contributed by atoms with Crippen molar-refractivity contribution in [3.8, 4) is 5.75 Å². The summed E-state index contributed by atoms with van der Waals surface area (Å²) in [7, 11) is 0. The number of ether oxygens (including phenoxy) is 1. The summed E-state index contributed by atoms with van der Waals surface area (Å²) in [6, 6.07) is 3.21. The van der Waals surface area contributed by atoms with Gasteiger partial charge in [0.25, 0.3) is 0 Å². The topological polar surface area (TPSA) is 9.23 Å². The molecule has 0 aliphatic rings. The minimum atomic E-state index is -6.76. The van der Waals surface area contributed by atoms with E-state index in [1.807, 2.05) is 0 Å². The molecular formula is C10H4BrF9O. The van der Waals surface area contributed by atoms with Crippen molar-refractivity contribution in [3.05, 3.63) is 28.7 Å². The summed E-state index contributed by atoms with van der Waals surface area (Å²) < 4.78 is 117. The van der Waals surface area contributed by atoms with Gasteiger partial charge in [0.2, 0.25) is 0 Å². The Balaban J connectivity index is 3.52. The van der Waals surface area contributed by atoms with Crippen LogP contribution in [-0.4, -0.2) is 24.1 Å². The molecule has 120 valence electrons. The first-order valence-electron chi connectivity index (χ1n) is 4.87. The maximum absolute atomic E-state index is 12.6. The van der Waals surface area contributed by atoms with Crippen molar-refractivity contribution in [2.45, 2.75) is 24.1 Å². The highest BCUT2D eigenvalue weighted by molar-refractivity contribution is 9.10. The molecule has 0 spiro atoms. The van der Waals surface area contributed by atoms with Gasteiger partial charge < -0.3 is 4.74 Å². The number of alkyl halides is 9. The zero-order valence-corrected chi connectivity index (χ0v) is 11.1. The Kier molecular flexibility index (Phi) is 4.48. The largest absolute Gasteiger partial charge is 0.462 e. The van der Waals surface area contributed by atoms with Gasteiger partial charge in [-0.3, -0.25) is 0 Å². The first-order valence-corrected chi connectivity index (χ1v) is 5.66. The lowest BCUT2D eigenvalue weighted by atomic mass is 10.0. The van der Waals surface area contributed by atoms with Gasteiger partial charge in [-0.2, -0.15) is 39.5 Å². The number of hydrogen-bond acceptors (Lipinski definition) is 1. The molecule has 0 radical (unpaired) electrons. The summed E-state index contributed by atoms with van der Waals surface area (Å²) in [5.41, 5.74) is -6.31. The fourth-order valence-corrected chi connectivity index (χ4v) is 1.74. The van der Waals surface area contributed by atoms with Crippen molar-refractivity contribution < 1.29 is 44.3 Å². The Bertz CT molecular complexity index is 466. The third-order valence-electron chi connectivity index (χ3n) is 2.26. The van der Waals surface area contributed by atoms with Crippen LogP contribution >= 0.6 is 15.9 Å². The molecule has 0 fully saturated rings. The normalized spacial score (nSPS) is 14.2. The van der Waals surface area contributed by atoms with E-state index in [1.54, 1.807) is 0 Å². The SMILES string of the molecule is FC(F)(F)C(Oc1cccc(Br)c1)(C(F)(F)F)C(F)(F)F. The second-order valence-electron chi connectivity index (χ2n) is 3.73. The zero-order chi connectivity index (χ0) is 16.7. The highest BCUT2D eigenvalue weighted by Crippen LogP contribution is 2.54. The van der Waals surface area contributed by atoms with Crippen molar-refractivity contribution in [1.82, 2.24) is 0 Å². The lowest BCUT2D eigenvalue weighted by Crippen LogP contribution is -2.69. The van der Waals surface area contributed by atoms with Crippen molar-refractivity contribution in [3.63, 3.8) is 0 Å². The van der Waals surface area contributed by atoms with Crippen LogP contribution in [0.15, 0.2) is 28.7 Å². The van der Waals surface area contributed by atoms with E-state index in [0.29, 0.717) is 12.1 Å². The summed E-state index contributed by atoms with van der Waals surface area (Å²) in [5, 5.41) is 0. The van der Waals surface area contributed by atoms with E-state index in [4.69, 9.17) is 0 Å². The van der Waals surface area contributed by atoms with Crippen LogP contribution in [0.3, 0.4) is 0 Å². The molecule has 11 heteroatoms. The van der Waals surface area contributed by atoms with Gasteiger partial charge in [-0.1, -0.05) is 22.0 Å². The molecule has 1 aromatic rings. The number of benzene rings is 1. The smallest absolute Gasteiger partial charge is 0.447 e. The van der Waals surface area contributed by atoms with Crippen molar-refractivity contribution >= 4 is 15.9 Å². The molecule has 0 bridgehead atoms. The molecule has 0 saturated carbocycles. The average Bonchev–Trinajstić information content (AvgIpc) is 2.20. The van der Waals surface area contributed by atoms with Gasteiger partial charge in [0.15, 0.2) is 0 Å². The Hall–Kier alpha value is -1.13. The van der Waals surface area contributed by atoms with Crippen LogP contribution in [0.4, 0.5) is 39.5 Å². The third-order valence-corrected chi connectivity index (χ3v) is 2.76. The molecule has 0 unspecified atom stereocenters. The summed E-state index contributed by atoms with van der Waals surface area (Å²) in [5.74, 6) is -1.24. The Morgan fingerprint density at radius 1 is 0.762 bits per heavy atom. The fraction of sp³-hybridized carbons (Fsp3) is 0.400. The highest BCUT2D eigenvalue weighted by atomic mass is 79.9. The summed E-state index contributed by atoms with van der Waals surface area (Å²) >= 11 is 2.70. The van der Waals surface area contributed by atoms with E-state index in [1.165, 1.54) is 6.07 Å². The fourth-order valence-electron chi connectivity index (χ4n) is 1.36. The molecule has 0 N–H and O–H groups in total. The summed E-state index contributed by atoms with van der Waals surface area (Å²) in [4.78, 5) is 0. The molecule has 0 aromatic heterocycles. The predicted molar refractivity (Wildman–Crippen MR) is 55.7 cm³/mol. The van der Waals surface area contributed by atoms with Gasteiger partial charge in [-0.25, -0.2) is 0 Å². The molecule has 1 rings (SSSR count). The second-order valence-corrected chi connectivity index (χ2v) is 4.65. The Labute approximate surface area is 119 Å². The molecular weight excluding hydrogens is 387 g/mol. The summed E-state index contributed by atoms with van der Waals surface area (Å²) in [6.45, 7) is 0. The van der Waals surface area contributed by atoms with Gasteiger partial charge in [0.1, 0.15) is 5.75 Å². The second kappa shape index (κ2) is 5.25. The first kappa shape index (κ1) is 17.9. The van der Waals surface area contributed by atoms with Crippen LogP contribution in [0.1, 0.15) is 0 Å². The van der Waals surface area contributed by atoms with Crippen LogP contribution in [0.5, 0.6) is 5.75 Å². The first-order chi connectivity index (χ1) is 9.22. The molecule has 0 aliphatic carbocycles. The maximum atomic E-state index is 12.6. The zero-order valence-electron chi connectivity index (χ0n) is 9.50. The Morgan fingerprint density at radius 2 is 1.19 bits per heavy atom. The standard InChI is InChI=1S/C10H4BrF9O/c11-5-2-1-3-6(4-5)21-7(8(12,13)14,9(15,16)17)10(18,19)20/h1-4H. The van der Waals surface area contributed by atoms with E-state index in [0.717, 1.165) is 6.07 Å². The van der Waals surface area contributed by atoms with Crippen LogP contribution < -0.4 is 4.74 Å². The van der Waals surface area contributed by atoms with E-state index in [2.05, 4.69) is 20.7 Å². The van der Waals surface area contributed by atoms with Crippen molar-refractivity contribution in [2.75, 3.05) is 0 Å². The van der Waals surface area contributed by atoms with Crippen LogP contribution in [0.2, 0.25) is 0 Å². The maximum Gasteiger partial charge on any atom is 0.447 e.